The van der Waals surface area contributed by atoms with Crippen LogP contribution in [0.3, 0.4) is 0 Å². The number of likely N-dealkylation sites (tertiary alicyclic amines) is 1. The number of amides is 2. The van der Waals surface area contributed by atoms with Crippen molar-refractivity contribution in [3.05, 3.63) is 24.3 Å². The molecule has 7 nitrogen and oxygen atoms in total. The summed E-state index contributed by atoms with van der Waals surface area (Å²) in [5.41, 5.74) is 7.80. The highest BCUT2D eigenvalue weighted by Gasteiger charge is 2.48. The molecule has 1 aromatic rings. The lowest BCUT2D eigenvalue weighted by Crippen LogP contribution is -2.60. The molecule has 2 saturated heterocycles. The molecule has 4 N–H and O–H groups in total. The average Bonchev–Trinajstić information content (AvgIpc) is 3.12. The number of rotatable bonds is 1. The Balaban J connectivity index is 1.26. The van der Waals surface area contributed by atoms with Gasteiger partial charge < -0.3 is 15.5 Å². The SMILES string of the molecule is CC1CCC2NNC(C(=O)N3CCC4(CC3)Nc3ccccc3NC4=O)C2C1. The van der Waals surface area contributed by atoms with Gasteiger partial charge >= 0.3 is 0 Å². The minimum atomic E-state index is -0.617. The van der Waals surface area contributed by atoms with Crippen molar-refractivity contribution in [1.29, 1.82) is 0 Å². The van der Waals surface area contributed by atoms with E-state index in [9.17, 15) is 9.59 Å². The number of benzene rings is 1. The Kier molecular flexibility index (Phi) is 4.32. The molecular weight excluding hydrogens is 354 g/mol. The van der Waals surface area contributed by atoms with Crippen LogP contribution in [0.25, 0.3) is 0 Å². The Morgan fingerprint density at radius 2 is 1.86 bits per heavy atom. The molecule has 150 valence electrons. The van der Waals surface area contributed by atoms with Crippen LogP contribution in [-0.4, -0.2) is 47.4 Å². The molecule has 2 amide bonds. The van der Waals surface area contributed by atoms with Gasteiger partial charge in [-0.1, -0.05) is 19.1 Å². The van der Waals surface area contributed by atoms with Gasteiger partial charge in [0.05, 0.1) is 11.4 Å². The second-order valence-electron chi connectivity index (χ2n) is 8.99. The van der Waals surface area contributed by atoms with Crippen LogP contribution in [0.1, 0.15) is 39.0 Å². The van der Waals surface area contributed by atoms with Crippen molar-refractivity contribution < 1.29 is 9.59 Å². The van der Waals surface area contributed by atoms with E-state index in [2.05, 4.69) is 28.4 Å². The van der Waals surface area contributed by atoms with Gasteiger partial charge in [0.2, 0.25) is 11.8 Å². The van der Waals surface area contributed by atoms with Crippen molar-refractivity contribution in [2.75, 3.05) is 23.7 Å². The Morgan fingerprint density at radius 1 is 1.11 bits per heavy atom. The molecule has 4 unspecified atom stereocenters. The fourth-order valence-corrected chi connectivity index (χ4v) is 5.44. The van der Waals surface area contributed by atoms with Gasteiger partial charge in [-0.15, -0.1) is 0 Å². The number of piperidine rings is 1. The van der Waals surface area contributed by atoms with Crippen molar-refractivity contribution >= 4 is 23.2 Å². The van der Waals surface area contributed by atoms with Gasteiger partial charge in [-0.3, -0.25) is 15.0 Å². The molecule has 4 aliphatic rings. The maximum absolute atomic E-state index is 13.2. The number of carbonyl (C=O) groups is 2. The van der Waals surface area contributed by atoms with Gasteiger partial charge in [0.1, 0.15) is 11.6 Å². The maximum atomic E-state index is 13.2. The monoisotopic (exact) mass is 383 g/mol. The molecule has 1 aromatic carbocycles. The lowest BCUT2D eigenvalue weighted by molar-refractivity contribution is -0.137. The average molecular weight is 383 g/mol. The highest BCUT2D eigenvalue weighted by Crippen LogP contribution is 2.38. The van der Waals surface area contributed by atoms with Crippen molar-refractivity contribution in [2.24, 2.45) is 11.8 Å². The first kappa shape index (κ1) is 17.9. The summed E-state index contributed by atoms with van der Waals surface area (Å²) >= 11 is 0. The van der Waals surface area contributed by atoms with Gasteiger partial charge in [0.25, 0.3) is 0 Å². The van der Waals surface area contributed by atoms with Crippen LogP contribution >= 0.6 is 0 Å². The summed E-state index contributed by atoms with van der Waals surface area (Å²) in [7, 11) is 0. The van der Waals surface area contributed by atoms with Crippen molar-refractivity contribution in [2.45, 2.75) is 56.7 Å². The second kappa shape index (κ2) is 6.74. The number of hydrazine groups is 1. The fraction of sp³-hybridized carbons (Fsp3) is 0.619. The lowest BCUT2D eigenvalue weighted by Gasteiger charge is -2.45. The molecule has 4 atom stereocenters. The zero-order valence-electron chi connectivity index (χ0n) is 16.3. The quantitative estimate of drug-likeness (QED) is 0.593. The van der Waals surface area contributed by atoms with Crippen LogP contribution in [0, 0.1) is 11.8 Å². The molecule has 1 saturated carbocycles. The smallest absolute Gasteiger partial charge is 0.250 e. The first-order valence-corrected chi connectivity index (χ1v) is 10.5. The van der Waals surface area contributed by atoms with E-state index in [4.69, 9.17) is 0 Å². The number of nitrogens with zero attached hydrogens (tertiary/aromatic N) is 1. The number of fused-ring (bicyclic) bond motifs is 2. The molecule has 3 fully saturated rings. The van der Waals surface area contributed by atoms with Gasteiger partial charge in [-0.2, -0.15) is 0 Å². The van der Waals surface area contributed by atoms with Crippen molar-refractivity contribution in [3.63, 3.8) is 0 Å². The minimum Gasteiger partial charge on any atom is -0.369 e. The number of hydrogen-bond donors (Lipinski definition) is 4. The van der Waals surface area contributed by atoms with Crippen LogP contribution in [-0.2, 0) is 9.59 Å². The number of para-hydroxylation sites is 2. The summed E-state index contributed by atoms with van der Waals surface area (Å²) in [6.45, 7) is 3.49. The number of carbonyl (C=O) groups excluding carboxylic acids is 2. The van der Waals surface area contributed by atoms with E-state index in [-0.39, 0.29) is 17.9 Å². The van der Waals surface area contributed by atoms with E-state index < -0.39 is 5.54 Å². The molecule has 7 heteroatoms. The third kappa shape index (κ3) is 2.88. The Labute approximate surface area is 165 Å². The molecule has 0 bridgehead atoms. The molecule has 28 heavy (non-hydrogen) atoms. The van der Waals surface area contributed by atoms with Crippen molar-refractivity contribution in [3.8, 4) is 0 Å². The highest BCUT2D eigenvalue weighted by atomic mass is 16.2. The predicted octanol–water partition coefficient (Wildman–Crippen LogP) is 1.69. The van der Waals surface area contributed by atoms with E-state index in [0.717, 1.165) is 24.2 Å². The molecule has 0 radical (unpaired) electrons. The minimum absolute atomic E-state index is 0.0140. The number of hydrogen-bond acceptors (Lipinski definition) is 5. The normalized spacial score (nSPS) is 33.6. The Bertz CT molecular complexity index is 789. The summed E-state index contributed by atoms with van der Waals surface area (Å²) < 4.78 is 0. The van der Waals surface area contributed by atoms with Crippen LogP contribution in [0.4, 0.5) is 11.4 Å². The summed E-state index contributed by atoms with van der Waals surface area (Å²) in [4.78, 5) is 28.0. The molecular formula is C21H29N5O2. The van der Waals surface area contributed by atoms with E-state index in [1.165, 1.54) is 6.42 Å². The largest absolute Gasteiger partial charge is 0.369 e. The van der Waals surface area contributed by atoms with E-state index in [1.54, 1.807) is 0 Å². The van der Waals surface area contributed by atoms with Gasteiger partial charge in [0.15, 0.2) is 0 Å². The maximum Gasteiger partial charge on any atom is 0.250 e. The fourth-order valence-electron chi connectivity index (χ4n) is 5.44. The molecule has 3 heterocycles. The third-order valence-electron chi connectivity index (χ3n) is 7.19. The van der Waals surface area contributed by atoms with Crippen LogP contribution in [0.15, 0.2) is 24.3 Å². The van der Waals surface area contributed by atoms with Crippen LogP contribution in [0.5, 0.6) is 0 Å². The van der Waals surface area contributed by atoms with Crippen LogP contribution in [0.2, 0.25) is 0 Å². The molecule has 1 spiro atoms. The summed E-state index contributed by atoms with van der Waals surface area (Å²) in [6, 6.07) is 8.05. The van der Waals surface area contributed by atoms with Gasteiger partial charge in [0, 0.05) is 25.0 Å². The number of anilines is 2. The Hall–Kier alpha value is -2.12. The van der Waals surface area contributed by atoms with Crippen LogP contribution < -0.4 is 21.5 Å². The molecule has 0 aromatic heterocycles. The lowest BCUT2D eigenvalue weighted by atomic mass is 9.76. The first-order valence-electron chi connectivity index (χ1n) is 10.5. The van der Waals surface area contributed by atoms with Crippen molar-refractivity contribution in [1.82, 2.24) is 15.8 Å². The van der Waals surface area contributed by atoms with E-state index in [0.29, 0.717) is 43.8 Å². The highest BCUT2D eigenvalue weighted by molar-refractivity contribution is 6.06. The van der Waals surface area contributed by atoms with E-state index >= 15 is 0 Å². The topological polar surface area (TPSA) is 85.5 Å². The summed E-state index contributed by atoms with van der Waals surface area (Å²) in [5, 5.41) is 6.50. The molecule has 5 rings (SSSR count). The predicted molar refractivity (Wildman–Crippen MR) is 108 cm³/mol. The first-order chi connectivity index (χ1) is 13.6. The molecule has 3 aliphatic heterocycles. The second-order valence-corrected chi connectivity index (χ2v) is 8.99. The summed E-state index contributed by atoms with van der Waals surface area (Å²) in [5.74, 6) is 1.24. The van der Waals surface area contributed by atoms with Gasteiger partial charge in [-0.05, 0) is 50.2 Å². The zero-order chi connectivity index (χ0) is 19.3. The third-order valence-corrected chi connectivity index (χ3v) is 7.19. The van der Waals surface area contributed by atoms with E-state index in [1.807, 2.05) is 29.2 Å². The molecule has 1 aliphatic carbocycles. The zero-order valence-corrected chi connectivity index (χ0v) is 16.3. The van der Waals surface area contributed by atoms with Gasteiger partial charge in [-0.25, -0.2) is 5.43 Å². The summed E-state index contributed by atoms with van der Waals surface area (Å²) in [6.07, 6.45) is 4.72. The number of nitrogens with one attached hydrogen (secondary N) is 4. The Morgan fingerprint density at radius 3 is 2.64 bits per heavy atom. The standard InChI is InChI=1S/C21H29N5O2/c1-13-6-7-15-14(12-13)18(25-24-15)19(27)26-10-8-21(9-11-26)20(28)22-16-4-2-3-5-17(16)23-21/h2-5,13-15,18,23-25H,6-12H2,1H3,(H,22,28).